The van der Waals surface area contributed by atoms with Crippen LogP contribution in [0, 0.1) is 6.92 Å². The normalized spacial score (nSPS) is 15.9. The Labute approximate surface area is 123 Å². The Balaban J connectivity index is 1.80. The highest BCUT2D eigenvalue weighted by Gasteiger charge is 2.20. The fourth-order valence-electron chi connectivity index (χ4n) is 2.84. The zero-order valence-corrected chi connectivity index (χ0v) is 12.1. The van der Waals surface area contributed by atoms with Gasteiger partial charge < -0.3 is 15.2 Å². The van der Waals surface area contributed by atoms with Gasteiger partial charge in [-0.25, -0.2) is 0 Å². The maximum absolute atomic E-state index is 12.5. The number of nitrogens with one attached hydrogen (secondary N) is 2. The molecule has 0 radical (unpaired) electrons. The van der Waals surface area contributed by atoms with Gasteiger partial charge in [0.05, 0.1) is 6.42 Å². The topological polar surface area (TPSA) is 65.2 Å². The van der Waals surface area contributed by atoms with Gasteiger partial charge in [0, 0.05) is 42.7 Å². The van der Waals surface area contributed by atoms with Crippen LogP contribution < -0.4 is 5.32 Å². The average molecular weight is 285 g/mol. The Morgan fingerprint density at radius 3 is 2.95 bits per heavy atom. The number of carbonyl (C=O) groups is 2. The summed E-state index contributed by atoms with van der Waals surface area (Å²) >= 11 is 0. The van der Waals surface area contributed by atoms with Gasteiger partial charge in [-0.1, -0.05) is 18.2 Å². The molecule has 0 unspecified atom stereocenters. The van der Waals surface area contributed by atoms with E-state index in [1.807, 2.05) is 31.2 Å². The number of aromatic amines is 1. The van der Waals surface area contributed by atoms with E-state index in [9.17, 15) is 9.59 Å². The second-order valence-corrected chi connectivity index (χ2v) is 5.43. The average Bonchev–Trinajstić information content (AvgIpc) is 2.64. The molecule has 1 fully saturated rings. The molecule has 1 aliphatic heterocycles. The van der Waals surface area contributed by atoms with Crippen LogP contribution in [-0.2, 0) is 16.0 Å². The van der Waals surface area contributed by atoms with Crippen molar-refractivity contribution in [3.63, 3.8) is 0 Å². The first-order valence-electron chi connectivity index (χ1n) is 7.26. The van der Waals surface area contributed by atoms with E-state index < -0.39 is 0 Å². The summed E-state index contributed by atoms with van der Waals surface area (Å²) in [5.74, 6) is 0.105. The largest absolute Gasteiger partial charge is 0.358 e. The molecule has 2 amide bonds. The van der Waals surface area contributed by atoms with Gasteiger partial charge in [-0.2, -0.15) is 0 Å². The Bertz CT molecular complexity index is 690. The summed E-state index contributed by atoms with van der Waals surface area (Å²) in [5.41, 5.74) is 3.15. The number of benzene rings is 1. The number of para-hydroxylation sites is 1. The van der Waals surface area contributed by atoms with Crippen LogP contribution in [0.3, 0.4) is 0 Å². The Hall–Kier alpha value is -2.30. The molecule has 1 aromatic heterocycles. The minimum absolute atomic E-state index is 0.0218. The number of rotatable bonds is 2. The fourth-order valence-corrected chi connectivity index (χ4v) is 2.84. The van der Waals surface area contributed by atoms with Gasteiger partial charge in [0.25, 0.3) is 0 Å². The van der Waals surface area contributed by atoms with Crippen LogP contribution in [-0.4, -0.2) is 41.3 Å². The van der Waals surface area contributed by atoms with Crippen LogP contribution in [0.25, 0.3) is 10.9 Å². The third kappa shape index (κ3) is 2.77. The number of fused-ring (bicyclic) bond motifs is 1. The van der Waals surface area contributed by atoms with E-state index in [4.69, 9.17) is 0 Å². The summed E-state index contributed by atoms with van der Waals surface area (Å²) < 4.78 is 0. The van der Waals surface area contributed by atoms with Crippen LogP contribution in [0.5, 0.6) is 0 Å². The van der Waals surface area contributed by atoms with Crippen molar-refractivity contribution in [1.82, 2.24) is 15.2 Å². The summed E-state index contributed by atoms with van der Waals surface area (Å²) in [4.78, 5) is 28.9. The maximum Gasteiger partial charge on any atom is 0.227 e. The number of nitrogens with zero attached hydrogens (tertiary/aromatic N) is 1. The van der Waals surface area contributed by atoms with E-state index in [1.165, 1.54) is 0 Å². The van der Waals surface area contributed by atoms with Crippen molar-refractivity contribution in [3.8, 4) is 0 Å². The zero-order valence-electron chi connectivity index (χ0n) is 12.1. The predicted octanol–water partition coefficient (Wildman–Crippen LogP) is 1.37. The lowest BCUT2D eigenvalue weighted by Crippen LogP contribution is -2.35. The van der Waals surface area contributed by atoms with Gasteiger partial charge >= 0.3 is 0 Å². The summed E-state index contributed by atoms with van der Waals surface area (Å²) in [6.07, 6.45) is 0.767. The Morgan fingerprint density at radius 1 is 1.29 bits per heavy atom. The Morgan fingerprint density at radius 2 is 2.10 bits per heavy atom. The lowest BCUT2D eigenvalue weighted by atomic mass is 10.1. The number of amides is 2. The SMILES string of the molecule is Cc1[nH]c2ccccc2c1CC(=O)N1CCNC(=O)CC1. The summed E-state index contributed by atoms with van der Waals surface area (Å²) in [5, 5.41) is 3.89. The van der Waals surface area contributed by atoms with Crippen molar-refractivity contribution in [2.75, 3.05) is 19.6 Å². The van der Waals surface area contributed by atoms with Gasteiger partial charge in [-0.3, -0.25) is 9.59 Å². The fraction of sp³-hybridized carbons (Fsp3) is 0.375. The molecule has 5 nitrogen and oxygen atoms in total. The molecule has 2 aromatic rings. The van der Waals surface area contributed by atoms with Gasteiger partial charge in [-0.15, -0.1) is 0 Å². The molecule has 1 aliphatic rings. The van der Waals surface area contributed by atoms with Gasteiger partial charge in [0.15, 0.2) is 0 Å². The van der Waals surface area contributed by atoms with Crippen molar-refractivity contribution in [2.24, 2.45) is 0 Å². The zero-order chi connectivity index (χ0) is 14.8. The molecule has 0 saturated carbocycles. The van der Waals surface area contributed by atoms with Crippen LogP contribution in [0.4, 0.5) is 0 Å². The van der Waals surface area contributed by atoms with Crippen molar-refractivity contribution in [1.29, 1.82) is 0 Å². The van der Waals surface area contributed by atoms with Crippen LogP contribution >= 0.6 is 0 Å². The van der Waals surface area contributed by atoms with E-state index in [0.29, 0.717) is 32.5 Å². The van der Waals surface area contributed by atoms with Crippen LogP contribution in [0.1, 0.15) is 17.7 Å². The van der Waals surface area contributed by atoms with Gasteiger partial charge in [0.1, 0.15) is 0 Å². The maximum atomic E-state index is 12.5. The summed E-state index contributed by atoms with van der Waals surface area (Å²) in [6, 6.07) is 8.02. The van der Waals surface area contributed by atoms with Crippen LogP contribution in [0.2, 0.25) is 0 Å². The standard InChI is InChI=1S/C16H19N3O2/c1-11-13(12-4-2-3-5-14(12)18-11)10-16(21)19-8-6-15(20)17-7-9-19/h2-5,18H,6-10H2,1H3,(H,17,20). The van der Waals surface area contributed by atoms with Crippen molar-refractivity contribution in [2.45, 2.75) is 19.8 Å². The highest BCUT2D eigenvalue weighted by Crippen LogP contribution is 2.22. The number of aromatic nitrogens is 1. The number of hydrogen-bond donors (Lipinski definition) is 2. The number of aryl methyl sites for hydroxylation is 1. The number of H-pyrrole nitrogens is 1. The van der Waals surface area contributed by atoms with Crippen molar-refractivity contribution >= 4 is 22.7 Å². The molecule has 2 heterocycles. The lowest BCUT2D eigenvalue weighted by Gasteiger charge is -2.19. The highest BCUT2D eigenvalue weighted by atomic mass is 16.2. The molecular weight excluding hydrogens is 266 g/mol. The van der Waals surface area contributed by atoms with Gasteiger partial charge in [-0.05, 0) is 18.6 Å². The molecule has 1 saturated heterocycles. The second-order valence-electron chi connectivity index (χ2n) is 5.43. The second kappa shape index (κ2) is 5.60. The molecule has 0 aliphatic carbocycles. The summed E-state index contributed by atoms with van der Waals surface area (Å²) in [6.45, 7) is 3.63. The Kier molecular flexibility index (Phi) is 3.64. The first-order valence-corrected chi connectivity index (χ1v) is 7.26. The first kappa shape index (κ1) is 13.7. The molecule has 0 bridgehead atoms. The third-order valence-electron chi connectivity index (χ3n) is 4.02. The molecule has 110 valence electrons. The number of carbonyl (C=O) groups excluding carboxylic acids is 2. The molecular formula is C16H19N3O2. The summed E-state index contributed by atoms with van der Waals surface area (Å²) in [7, 11) is 0. The quantitative estimate of drug-likeness (QED) is 0.875. The predicted molar refractivity (Wildman–Crippen MR) is 80.9 cm³/mol. The lowest BCUT2D eigenvalue weighted by molar-refractivity contribution is -0.130. The van der Waals surface area contributed by atoms with E-state index in [2.05, 4.69) is 10.3 Å². The minimum Gasteiger partial charge on any atom is -0.358 e. The van der Waals surface area contributed by atoms with E-state index >= 15 is 0 Å². The third-order valence-corrected chi connectivity index (χ3v) is 4.02. The molecule has 3 rings (SSSR count). The smallest absolute Gasteiger partial charge is 0.227 e. The van der Waals surface area contributed by atoms with Crippen molar-refractivity contribution in [3.05, 3.63) is 35.5 Å². The van der Waals surface area contributed by atoms with Crippen LogP contribution in [0.15, 0.2) is 24.3 Å². The van der Waals surface area contributed by atoms with Gasteiger partial charge in [0.2, 0.25) is 11.8 Å². The van der Waals surface area contributed by atoms with Crippen molar-refractivity contribution < 1.29 is 9.59 Å². The van der Waals surface area contributed by atoms with E-state index in [1.54, 1.807) is 4.90 Å². The molecule has 1 aromatic carbocycles. The van der Waals surface area contributed by atoms with E-state index in [0.717, 1.165) is 22.2 Å². The molecule has 21 heavy (non-hydrogen) atoms. The highest BCUT2D eigenvalue weighted by molar-refractivity contribution is 5.90. The molecule has 0 atom stereocenters. The first-order chi connectivity index (χ1) is 10.1. The molecule has 0 spiro atoms. The monoisotopic (exact) mass is 285 g/mol. The molecule has 5 heteroatoms. The minimum atomic E-state index is 0.0218. The number of hydrogen-bond acceptors (Lipinski definition) is 2. The van der Waals surface area contributed by atoms with E-state index in [-0.39, 0.29) is 11.8 Å². The molecule has 2 N–H and O–H groups in total.